The average Bonchev–Trinajstić information content (AvgIpc) is 0. The molecule has 0 N–H and O–H groups in total. The van der Waals surface area contributed by atoms with Gasteiger partial charge in [0.25, 0.3) is 0 Å². The van der Waals surface area contributed by atoms with Crippen molar-refractivity contribution in [3.63, 3.8) is 0 Å². The van der Waals surface area contributed by atoms with Gasteiger partial charge < -0.3 is 0 Å². The SMILES string of the molecule is C.C.[No].[No]. The van der Waals surface area contributed by atoms with Gasteiger partial charge in [0.05, 0.1) is 0 Å². The summed E-state index contributed by atoms with van der Waals surface area (Å²) in [6, 6.07) is 0. The van der Waals surface area contributed by atoms with Crippen molar-refractivity contribution in [2.45, 2.75) is 14.9 Å². The first kappa shape index (κ1) is 0.500. The zero-order chi connectivity index (χ0) is 0. The minimum atomic E-state index is 0. The summed E-state index contributed by atoms with van der Waals surface area (Å²) in [5.41, 5.74) is 0. The summed E-state index contributed by atoms with van der Waals surface area (Å²) in [7, 11) is 0. The van der Waals surface area contributed by atoms with Crippen LogP contribution in [0.3, 0.4) is 0 Å². The van der Waals surface area contributed by atoms with Crippen molar-refractivity contribution in [1.29, 1.82) is 0 Å². The molecule has 0 saturated carbocycles. The first-order valence-electron chi connectivity index (χ1n) is 0. The van der Waals surface area contributed by atoms with Crippen molar-refractivity contribution >= 4 is 0 Å². The maximum Gasteiger partial charge on any atom is 0 e. The Morgan fingerprint density at radius 1 is 0.500 bits per heavy atom. The molecular formula is C2H8No2. The van der Waals surface area contributed by atoms with Crippen LogP contribution in [0, 0.1) is 0 Å². The summed E-state index contributed by atoms with van der Waals surface area (Å²) in [6.07, 6.45) is 0. The van der Waals surface area contributed by atoms with Gasteiger partial charge in [-0.2, -0.15) is 0 Å². The van der Waals surface area contributed by atoms with Crippen LogP contribution in [0.1, 0.15) is 14.9 Å². The fraction of sp³-hybridized carbons (Fsp3) is 1.00. The first-order valence-corrected chi connectivity index (χ1v) is 0. The van der Waals surface area contributed by atoms with Crippen molar-refractivity contribution in [3.05, 3.63) is 0 Å². The minimum Gasteiger partial charge on any atom is -0.0776 e. The quantitative estimate of drug-likeness (QED) is 0.427. The van der Waals surface area contributed by atoms with E-state index < -0.39 is 0 Å². The summed E-state index contributed by atoms with van der Waals surface area (Å²) in [4.78, 5) is 0. The van der Waals surface area contributed by atoms with Gasteiger partial charge in [0.15, 0.2) is 0 Å². The molecule has 0 spiro atoms. The van der Waals surface area contributed by atoms with Crippen LogP contribution in [0.15, 0.2) is 0 Å². The van der Waals surface area contributed by atoms with Crippen molar-refractivity contribution in [1.82, 2.24) is 0 Å². The molecule has 0 aromatic rings. The number of hydrogen-bond acceptors (Lipinski definition) is 0. The van der Waals surface area contributed by atoms with Crippen LogP contribution in [0.25, 0.3) is 0 Å². The van der Waals surface area contributed by atoms with Crippen LogP contribution >= 0.6 is 0 Å². The van der Waals surface area contributed by atoms with E-state index in [-0.39, 0.29) is 14.9 Å². The minimum absolute atomic E-state index is 0. The normalized spacial score (nSPS) is 0. The second-order valence-electron chi connectivity index (χ2n) is 0. The molecule has 0 radical (unpaired) electrons. The molecule has 0 aliphatic heterocycles. The molecule has 0 rings (SSSR count). The summed E-state index contributed by atoms with van der Waals surface area (Å²) in [6.45, 7) is 0. The Kier molecular flexibility index (Phi) is 0. The maximum absolute atomic E-state index is 0. The van der Waals surface area contributed by atoms with E-state index in [0.29, 0.717) is 0 Å². The Hall–Kier alpha value is -2.00. The zero-order valence-corrected chi connectivity index (χ0v) is 4.99. The summed E-state index contributed by atoms with van der Waals surface area (Å²) >= 11 is 0. The van der Waals surface area contributed by atoms with Crippen molar-refractivity contribution in [3.8, 4) is 0 Å². The Labute approximate surface area is 16.1 Å². The van der Waals surface area contributed by atoms with E-state index >= 15 is 0 Å². The molecule has 0 bridgehead atoms. The second kappa shape index (κ2) is 0. The largest absolute Gasteiger partial charge is 0.0776 e. The molecule has 0 nitrogen and oxygen atoms in total. The molecule has 0 unspecified atom stereocenters. The van der Waals surface area contributed by atoms with E-state index in [0.717, 1.165) is 0 Å². The molecule has 0 heterocycles. The van der Waals surface area contributed by atoms with Crippen molar-refractivity contribution < 1.29 is 0 Å². The van der Waals surface area contributed by atoms with Crippen LogP contribution in [0.2, 0.25) is 0 Å². The molecule has 0 saturated heterocycles. The van der Waals surface area contributed by atoms with Crippen LogP contribution in [-0.2, 0) is 0 Å². The fourth-order valence-corrected chi connectivity index (χ4v) is 0. The molecule has 0 fully saturated rings. The first-order chi connectivity index (χ1) is 0. The summed E-state index contributed by atoms with van der Waals surface area (Å²) < 4.78 is 0. The predicted molar refractivity (Wildman–Crippen MR) is 13.5 cm³/mol. The van der Waals surface area contributed by atoms with Gasteiger partial charge in [-0.1, -0.05) is 14.9 Å². The standard InChI is InChI=1S/2CH4.2No/h2*1H4;;. The Morgan fingerprint density at radius 3 is 0.500 bits per heavy atom. The monoisotopic (exact) mass is 550 g/mol. The Morgan fingerprint density at radius 2 is 0.500 bits per heavy atom. The van der Waals surface area contributed by atoms with Crippen LogP contribution in [0.5, 0.6) is 0 Å². The fourth-order valence-electron chi connectivity index (χ4n) is 0. The van der Waals surface area contributed by atoms with E-state index in [9.17, 15) is 0 Å². The predicted octanol–water partition coefficient (Wildman–Crippen LogP) is 1.27. The van der Waals surface area contributed by atoms with Gasteiger partial charge in [-0.3, -0.25) is 0 Å². The van der Waals surface area contributed by atoms with Crippen molar-refractivity contribution in [2.75, 3.05) is 0 Å². The third-order valence-electron chi connectivity index (χ3n) is 0. The molecule has 44 valence electrons. The number of rotatable bonds is 0. The number of hydrogen-bond donors (Lipinski definition) is 0. The van der Waals surface area contributed by atoms with E-state index in [2.05, 4.69) is 0 Å². The van der Waals surface area contributed by atoms with Gasteiger partial charge in [0.1, 0.15) is 0 Å². The third-order valence-corrected chi connectivity index (χ3v) is 0. The van der Waals surface area contributed by atoms with Crippen LogP contribution < -0.4 is 0 Å². The van der Waals surface area contributed by atoms with E-state index in [1.165, 1.54) is 0 Å². The molecule has 2 heteroatoms. The molecule has 4 heavy (non-hydrogen) atoms. The molecule has 0 aromatic carbocycles. The maximum atomic E-state index is 0. The van der Waals surface area contributed by atoms with Gasteiger partial charge in [-0.05, 0) is 0 Å². The Bertz CT molecular complexity index is 4.00. The topological polar surface area (TPSA) is 0 Å². The van der Waals surface area contributed by atoms with Gasteiger partial charge in [-0.15, -0.1) is 0 Å². The van der Waals surface area contributed by atoms with Gasteiger partial charge in [-0.25, -0.2) is 0 Å². The summed E-state index contributed by atoms with van der Waals surface area (Å²) in [5, 5.41) is 0. The smallest absolute Gasteiger partial charge is 0 e. The van der Waals surface area contributed by atoms with Crippen molar-refractivity contribution in [2.24, 2.45) is 0 Å². The van der Waals surface area contributed by atoms with Crippen LogP contribution in [0.4, 0.5) is 0 Å². The van der Waals surface area contributed by atoms with Gasteiger partial charge in [0, 0.05) is 0 Å². The molecule has 0 aliphatic carbocycles. The molecular weight excluding hydrogens is 542 g/mol. The van der Waals surface area contributed by atoms with Crippen LogP contribution in [-0.4, -0.2) is 0 Å². The van der Waals surface area contributed by atoms with E-state index in [1.807, 2.05) is 0 Å². The molecule has 0 aromatic heterocycles. The molecule has 0 amide bonds. The van der Waals surface area contributed by atoms with E-state index in [4.69, 9.17) is 0 Å². The zero-order valence-electron chi connectivity index (χ0n) is 0.535. The van der Waals surface area contributed by atoms with Gasteiger partial charge in [0.2, 0.25) is 0 Å². The summed E-state index contributed by atoms with van der Waals surface area (Å²) in [5.74, 6) is 0. The molecule has 0 atom stereocenters. The van der Waals surface area contributed by atoms with Gasteiger partial charge >= 0.3 is 0 Å². The third kappa shape index (κ3) is 0. The molecule has 0 aliphatic rings. The Balaban J connectivity index is 0. The average molecular weight is 550 g/mol. The van der Waals surface area contributed by atoms with E-state index in [1.54, 1.807) is 0 Å². The second-order valence-corrected chi connectivity index (χ2v) is 0.